The van der Waals surface area contributed by atoms with Crippen LogP contribution in [-0.2, 0) is 15.1 Å². The molecule has 2 atom stereocenters. The van der Waals surface area contributed by atoms with E-state index in [1.165, 1.54) is 0 Å². The summed E-state index contributed by atoms with van der Waals surface area (Å²) in [6, 6.07) is 15.2. The Morgan fingerprint density at radius 2 is 1.92 bits per heavy atom. The van der Waals surface area contributed by atoms with Crippen molar-refractivity contribution in [2.24, 2.45) is 0 Å². The van der Waals surface area contributed by atoms with E-state index in [0.717, 1.165) is 16.8 Å². The summed E-state index contributed by atoms with van der Waals surface area (Å²) in [5, 5.41) is 3.34. The zero-order valence-electron chi connectivity index (χ0n) is 13.3. The number of methoxy groups -OCH3 is 1. The fraction of sp³-hybridized carbons (Fsp3) is 0.222. The van der Waals surface area contributed by atoms with Crippen LogP contribution in [0.3, 0.4) is 0 Å². The van der Waals surface area contributed by atoms with Crippen LogP contribution < -0.4 is 15.0 Å². The molecule has 6 heteroatoms. The summed E-state index contributed by atoms with van der Waals surface area (Å²) in [5.41, 5.74) is 1.42. The zero-order chi connectivity index (χ0) is 16.9. The number of likely N-dealkylation sites (N-methyl/N-ethyl adjacent to an activating group) is 1. The maximum atomic E-state index is 13.2. The lowest BCUT2D eigenvalue weighted by atomic mass is 9.82. The van der Waals surface area contributed by atoms with Crippen LogP contribution in [0.2, 0.25) is 0 Å². The quantitative estimate of drug-likeness (QED) is 0.852. The lowest BCUT2D eigenvalue weighted by Gasteiger charge is -2.28. The Morgan fingerprint density at radius 1 is 1.21 bits per heavy atom. The third-order valence-corrected chi connectivity index (χ3v) is 4.87. The van der Waals surface area contributed by atoms with E-state index in [1.807, 2.05) is 48.5 Å². The van der Waals surface area contributed by atoms with Gasteiger partial charge in [-0.15, -0.1) is 0 Å². The molecular weight excluding hydrogens is 324 g/mol. The molecule has 0 radical (unpaired) electrons. The minimum Gasteiger partial charge on any atom is -0.496 e. The number of fused-ring (bicyclic) bond motifs is 2. The summed E-state index contributed by atoms with van der Waals surface area (Å²) in [4.78, 5) is 14.8. The predicted octanol–water partition coefficient (Wildman–Crippen LogP) is 2.51. The molecule has 1 spiro atoms. The van der Waals surface area contributed by atoms with Crippen LogP contribution in [0.15, 0.2) is 48.5 Å². The number of nitrogens with zero attached hydrogens (tertiary/aromatic N) is 1. The molecule has 1 saturated heterocycles. The fourth-order valence-electron chi connectivity index (χ4n) is 3.59. The van der Waals surface area contributed by atoms with Crippen molar-refractivity contribution in [1.29, 1.82) is 0 Å². The Kier molecular flexibility index (Phi) is 3.25. The van der Waals surface area contributed by atoms with E-state index in [-0.39, 0.29) is 11.1 Å². The number of hydrogen-bond acceptors (Lipinski definition) is 4. The second kappa shape index (κ2) is 5.21. The fourth-order valence-corrected chi connectivity index (χ4v) is 3.85. The van der Waals surface area contributed by atoms with Crippen molar-refractivity contribution in [1.82, 2.24) is 5.32 Å². The Balaban J connectivity index is 1.96. The largest absolute Gasteiger partial charge is 0.496 e. The number of nitrogens with one attached hydrogen (secondary N) is 1. The highest BCUT2D eigenvalue weighted by Crippen LogP contribution is 2.52. The molecule has 1 amide bonds. The van der Waals surface area contributed by atoms with Crippen LogP contribution >= 0.6 is 12.2 Å². The third kappa shape index (κ3) is 1.80. The summed E-state index contributed by atoms with van der Waals surface area (Å²) in [6.45, 7) is 0. The SMILES string of the molecule is COc1ccccc1[C@@H]1OC(=S)N[C@]12C(=O)N(C)c1ccccc12. The first kappa shape index (κ1) is 15.0. The molecule has 4 rings (SSSR count). The highest BCUT2D eigenvalue weighted by atomic mass is 32.1. The zero-order valence-corrected chi connectivity index (χ0v) is 14.1. The number of benzene rings is 2. The first-order valence-corrected chi connectivity index (χ1v) is 8.00. The van der Waals surface area contributed by atoms with Gasteiger partial charge in [0.2, 0.25) is 0 Å². The van der Waals surface area contributed by atoms with Gasteiger partial charge in [-0.25, -0.2) is 0 Å². The Bertz CT molecular complexity index is 854. The van der Waals surface area contributed by atoms with Crippen molar-refractivity contribution in [3.05, 3.63) is 59.7 Å². The molecule has 0 aromatic heterocycles. The number of para-hydroxylation sites is 2. The Labute approximate surface area is 145 Å². The first-order chi connectivity index (χ1) is 11.6. The highest BCUT2D eigenvalue weighted by molar-refractivity contribution is 7.80. The summed E-state index contributed by atoms with van der Waals surface area (Å²) in [6.07, 6.45) is -0.597. The van der Waals surface area contributed by atoms with Gasteiger partial charge >= 0.3 is 0 Å². The van der Waals surface area contributed by atoms with Gasteiger partial charge in [-0.1, -0.05) is 36.4 Å². The topological polar surface area (TPSA) is 50.8 Å². The molecule has 2 aliphatic heterocycles. The van der Waals surface area contributed by atoms with Gasteiger partial charge in [0.1, 0.15) is 5.75 Å². The minimum absolute atomic E-state index is 0.0977. The average molecular weight is 340 g/mol. The van der Waals surface area contributed by atoms with Gasteiger partial charge in [0.25, 0.3) is 11.1 Å². The summed E-state index contributed by atoms with van der Waals surface area (Å²) in [5.74, 6) is 0.563. The van der Waals surface area contributed by atoms with Crippen LogP contribution in [0.4, 0.5) is 5.69 Å². The average Bonchev–Trinajstić information content (AvgIpc) is 3.07. The molecule has 0 saturated carbocycles. The van der Waals surface area contributed by atoms with E-state index in [1.54, 1.807) is 19.1 Å². The van der Waals surface area contributed by atoms with Gasteiger partial charge < -0.3 is 19.7 Å². The second-order valence-corrected chi connectivity index (χ2v) is 6.21. The molecule has 0 unspecified atom stereocenters. The lowest BCUT2D eigenvalue weighted by Crippen LogP contribution is -2.50. The van der Waals surface area contributed by atoms with Crippen molar-refractivity contribution >= 4 is 29.0 Å². The van der Waals surface area contributed by atoms with Gasteiger partial charge in [-0.05, 0) is 24.4 Å². The van der Waals surface area contributed by atoms with Crippen molar-refractivity contribution in [2.45, 2.75) is 11.6 Å². The van der Waals surface area contributed by atoms with Crippen LogP contribution in [0, 0.1) is 0 Å². The number of ether oxygens (including phenoxy) is 2. The molecule has 1 fully saturated rings. The molecule has 122 valence electrons. The molecule has 0 aliphatic carbocycles. The maximum Gasteiger partial charge on any atom is 0.261 e. The molecule has 2 heterocycles. The molecule has 2 aromatic carbocycles. The van der Waals surface area contributed by atoms with Gasteiger partial charge in [0.15, 0.2) is 11.6 Å². The van der Waals surface area contributed by atoms with Crippen LogP contribution in [-0.4, -0.2) is 25.2 Å². The molecular formula is C18H16N2O3S. The molecule has 5 nitrogen and oxygen atoms in total. The standard InChI is InChI=1S/C18H16N2O3S/c1-20-13-9-5-4-8-12(13)18(16(20)21)15(23-17(24)19-18)11-7-3-6-10-14(11)22-2/h3-10,15H,1-2H3,(H,19,24)/t15-,18-/m0/s1. The normalized spacial score (nSPS) is 24.8. The predicted molar refractivity (Wildman–Crippen MR) is 94.1 cm³/mol. The number of hydrogen-bond donors (Lipinski definition) is 1. The summed E-state index contributed by atoms with van der Waals surface area (Å²) < 4.78 is 11.4. The van der Waals surface area contributed by atoms with Gasteiger partial charge in [-0.2, -0.15) is 0 Å². The second-order valence-electron chi connectivity index (χ2n) is 5.84. The van der Waals surface area contributed by atoms with Gasteiger partial charge in [0.05, 0.1) is 7.11 Å². The summed E-state index contributed by atoms with van der Waals surface area (Å²) >= 11 is 5.26. The molecule has 24 heavy (non-hydrogen) atoms. The number of carbonyl (C=O) groups excluding carboxylic acids is 1. The van der Waals surface area contributed by atoms with Gasteiger partial charge in [-0.3, -0.25) is 4.79 Å². The van der Waals surface area contributed by atoms with Crippen molar-refractivity contribution in [2.75, 3.05) is 19.1 Å². The van der Waals surface area contributed by atoms with Crippen molar-refractivity contribution < 1.29 is 14.3 Å². The minimum atomic E-state index is -1.07. The molecule has 0 bridgehead atoms. The van der Waals surface area contributed by atoms with E-state index in [4.69, 9.17) is 21.7 Å². The van der Waals surface area contributed by atoms with E-state index in [2.05, 4.69) is 5.32 Å². The number of rotatable bonds is 2. The molecule has 2 aromatic rings. The molecule has 1 N–H and O–H groups in total. The first-order valence-electron chi connectivity index (χ1n) is 7.59. The Morgan fingerprint density at radius 3 is 2.71 bits per heavy atom. The van der Waals surface area contributed by atoms with Crippen LogP contribution in [0.25, 0.3) is 0 Å². The van der Waals surface area contributed by atoms with Crippen molar-refractivity contribution in [3.63, 3.8) is 0 Å². The number of thiocarbonyl (C=S) groups is 1. The van der Waals surface area contributed by atoms with E-state index < -0.39 is 11.6 Å². The third-order valence-electron chi connectivity index (χ3n) is 4.67. The maximum absolute atomic E-state index is 13.2. The Hall–Kier alpha value is -2.60. The van der Waals surface area contributed by atoms with Crippen molar-refractivity contribution in [3.8, 4) is 5.75 Å². The number of amides is 1. The number of anilines is 1. The number of carbonyl (C=O) groups is 1. The van der Waals surface area contributed by atoms with Crippen LogP contribution in [0.1, 0.15) is 17.2 Å². The van der Waals surface area contributed by atoms with Gasteiger partial charge in [0, 0.05) is 23.9 Å². The van der Waals surface area contributed by atoms with Crippen LogP contribution in [0.5, 0.6) is 5.75 Å². The monoisotopic (exact) mass is 340 g/mol. The smallest absolute Gasteiger partial charge is 0.261 e. The summed E-state index contributed by atoms with van der Waals surface area (Å²) in [7, 11) is 3.36. The highest BCUT2D eigenvalue weighted by Gasteiger charge is 2.61. The van der Waals surface area contributed by atoms with E-state index in [0.29, 0.717) is 5.75 Å². The lowest BCUT2D eigenvalue weighted by molar-refractivity contribution is -0.125. The van der Waals surface area contributed by atoms with E-state index >= 15 is 0 Å². The molecule has 2 aliphatic rings. The van der Waals surface area contributed by atoms with E-state index in [9.17, 15) is 4.79 Å².